The van der Waals surface area contributed by atoms with Crippen LogP contribution in [0.3, 0.4) is 0 Å². The largest absolute Gasteiger partial charge is 0.505 e. The quantitative estimate of drug-likeness (QED) is 0.875. The van der Waals surface area contributed by atoms with Crippen LogP contribution in [0.25, 0.3) is 0 Å². The lowest BCUT2D eigenvalue weighted by Gasteiger charge is -2.35. The molecule has 22 heavy (non-hydrogen) atoms. The van der Waals surface area contributed by atoms with Crippen molar-refractivity contribution in [3.63, 3.8) is 0 Å². The van der Waals surface area contributed by atoms with E-state index in [2.05, 4.69) is 10.2 Å². The Morgan fingerprint density at radius 2 is 1.86 bits per heavy atom. The van der Waals surface area contributed by atoms with Crippen LogP contribution in [0.5, 0.6) is 5.75 Å². The normalized spacial score (nSPS) is 16.4. The van der Waals surface area contributed by atoms with Crippen LogP contribution in [-0.4, -0.2) is 36.2 Å². The lowest BCUT2D eigenvalue weighted by molar-refractivity contribution is 0.197. The first-order valence-corrected chi connectivity index (χ1v) is 7.61. The Hall–Kier alpha value is -0.850. The number of rotatable bonds is 3. The number of nitrogens with zero attached hydrogens (tertiary/aromatic N) is 1. The van der Waals surface area contributed by atoms with Gasteiger partial charge in [-0.2, -0.15) is 0 Å². The van der Waals surface area contributed by atoms with E-state index in [4.69, 9.17) is 0 Å². The number of para-hydroxylation sites is 1. The zero-order valence-electron chi connectivity index (χ0n) is 11.9. The maximum Gasteiger partial charge on any atom is 0.165 e. The van der Waals surface area contributed by atoms with Crippen LogP contribution < -0.4 is 5.32 Å². The Morgan fingerprint density at radius 1 is 1.14 bits per heavy atom. The number of phenols is 1. The minimum Gasteiger partial charge on any atom is -0.505 e. The molecule has 0 saturated carbocycles. The number of piperazine rings is 1. The van der Waals surface area contributed by atoms with Crippen molar-refractivity contribution in [1.82, 2.24) is 10.2 Å². The Bertz CT molecular complexity index is 577. The number of thiophene rings is 1. The number of halogens is 3. The van der Waals surface area contributed by atoms with Gasteiger partial charge in [-0.3, -0.25) is 4.90 Å². The van der Waals surface area contributed by atoms with Gasteiger partial charge in [0.15, 0.2) is 11.6 Å². The minimum absolute atomic E-state index is 0. The molecule has 0 amide bonds. The van der Waals surface area contributed by atoms with Gasteiger partial charge >= 0.3 is 0 Å². The van der Waals surface area contributed by atoms with Crippen molar-refractivity contribution < 1.29 is 9.50 Å². The summed E-state index contributed by atoms with van der Waals surface area (Å²) in [6.45, 7) is 3.60. The Morgan fingerprint density at radius 3 is 2.50 bits per heavy atom. The van der Waals surface area contributed by atoms with Gasteiger partial charge in [0, 0.05) is 36.6 Å². The topological polar surface area (TPSA) is 35.5 Å². The zero-order valence-corrected chi connectivity index (χ0v) is 14.3. The first kappa shape index (κ1) is 19.2. The molecular weight excluding hydrogens is 346 g/mol. The van der Waals surface area contributed by atoms with Gasteiger partial charge in [-0.25, -0.2) is 4.39 Å². The molecule has 0 unspecified atom stereocenters. The van der Waals surface area contributed by atoms with Crippen molar-refractivity contribution in [3.8, 4) is 5.75 Å². The molecule has 3 rings (SSSR count). The first-order chi connectivity index (χ1) is 9.77. The summed E-state index contributed by atoms with van der Waals surface area (Å²) in [5.41, 5.74) is 0.648. The Balaban J connectivity index is 0.00000121. The molecule has 1 saturated heterocycles. The molecule has 2 N–H and O–H groups in total. The molecule has 1 fully saturated rings. The van der Waals surface area contributed by atoms with E-state index >= 15 is 0 Å². The smallest absolute Gasteiger partial charge is 0.165 e. The third kappa shape index (κ3) is 3.91. The fourth-order valence-corrected chi connectivity index (χ4v) is 3.55. The molecule has 1 aliphatic heterocycles. The molecule has 1 aromatic carbocycles. The Labute approximate surface area is 146 Å². The highest BCUT2D eigenvalue weighted by atomic mass is 35.5. The SMILES string of the molecule is Cl.Cl.Oc1c(F)cccc1[C@@H](c1cccs1)N1CCNCC1. The van der Waals surface area contributed by atoms with Crippen molar-refractivity contribution in [2.75, 3.05) is 26.2 Å². The molecule has 1 aliphatic rings. The summed E-state index contributed by atoms with van der Waals surface area (Å²) in [7, 11) is 0. The number of nitrogens with one attached hydrogen (secondary N) is 1. The summed E-state index contributed by atoms with van der Waals surface area (Å²) in [4.78, 5) is 3.42. The van der Waals surface area contributed by atoms with Crippen molar-refractivity contribution in [1.29, 1.82) is 0 Å². The predicted octanol–water partition coefficient (Wildman–Crippen LogP) is 3.43. The highest BCUT2D eigenvalue weighted by Crippen LogP contribution is 2.37. The van der Waals surface area contributed by atoms with Crippen molar-refractivity contribution >= 4 is 36.2 Å². The summed E-state index contributed by atoms with van der Waals surface area (Å²) in [6.07, 6.45) is 0. The Kier molecular flexibility index (Phi) is 7.59. The van der Waals surface area contributed by atoms with E-state index in [0.717, 1.165) is 31.1 Å². The number of phenolic OH excluding ortho intramolecular Hbond substituents is 1. The predicted molar refractivity (Wildman–Crippen MR) is 93.2 cm³/mol. The van der Waals surface area contributed by atoms with Crippen molar-refractivity contribution in [3.05, 3.63) is 52.0 Å². The molecule has 7 heteroatoms. The lowest BCUT2D eigenvalue weighted by Crippen LogP contribution is -2.45. The summed E-state index contributed by atoms with van der Waals surface area (Å²) < 4.78 is 13.7. The van der Waals surface area contributed by atoms with E-state index in [9.17, 15) is 9.50 Å². The van der Waals surface area contributed by atoms with Crippen LogP contribution in [0, 0.1) is 5.82 Å². The van der Waals surface area contributed by atoms with Crippen LogP contribution in [0.1, 0.15) is 16.5 Å². The van der Waals surface area contributed by atoms with Gasteiger partial charge in [0.2, 0.25) is 0 Å². The zero-order chi connectivity index (χ0) is 13.9. The molecule has 0 bridgehead atoms. The average Bonchev–Trinajstić information content (AvgIpc) is 2.99. The maximum atomic E-state index is 13.7. The van der Waals surface area contributed by atoms with E-state index in [0.29, 0.717) is 5.56 Å². The third-order valence-corrected chi connectivity index (χ3v) is 4.57. The second-order valence-corrected chi connectivity index (χ2v) is 5.86. The second kappa shape index (κ2) is 8.70. The van der Waals surface area contributed by atoms with E-state index in [1.807, 2.05) is 23.6 Å². The van der Waals surface area contributed by atoms with Gasteiger partial charge < -0.3 is 10.4 Å². The van der Waals surface area contributed by atoms with E-state index in [1.165, 1.54) is 6.07 Å². The summed E-state index contributed by atoms with van der Waals surface area (Å²) in [5, 5.41) is 15.4. The van der Waals surface area contributed by atoms with E-state index in [1.54, 1.807) is 17.4 Å². The molecular formula is C15H19Cl2FN2OS. The number of hydrogen-bond donors (Lipinski definition) is 2. The van der Waals surface area contributed by atoms with Crippen LogP contribution >= 0.6 is 36.2 Å². The van der Waals surface area contributed by atoms with Crippen molar-refractivity contribution in [2.24, 2.45) is 0 Å². The van der Waals surface area contributed by atoms with E-state index < -0.39 is 5.82 Å². The monoisotopic (exact) mass is 364 g/mol. The second-order valence-electron chi connectivity index (χ2n) is 4.88. The highest BCUT2D eigenvalue weighted by Gasteiger charge is 2.27. The fraction of sp³-hybridized carbons (Fsp3) is 0.333. The van der Waals surface area contributed by atoms with Crippen molar-refractivity contribution in [2.45, 2.75) is 6.04 Å². The van der Waals surface area contributed by atoms with Gasteiger partial charge in [-0.1, -0.05) is 18.2 Å². The van der Waals surface area contributed by atoms with Crippen LogP contribution in [-0.2, 0) is 0 Å². The average molecular weight is 365 g/mol. The minimum atomic E-state index is -0.556. The molecule has 0 radical (unpaired) electrons. The van der Waals surface area contributed by atoms with E-state index in [-0.39, 0.29) is 36.6 Å². The fourth-order valence-electron chi connectivity index (χ4n) is 2.67. The summed E-state index contributed by atoms with van der Waals surface area (Å²) in [5.74, 6) is -0.788. The molecule has 1 atom stereocenters. The standard InChI is InChI=1S/C15H17FN2OS.2ClH/c16-12-4-1-3-11(15(12)19)14(13-5-2-10-20-13)18-8-6-17-7-9-18;;/h1-5,10,14,17,19H,6-9H2;2*1H/t14-;;/m0../s1. The van der Waals surface area contributed by atoms with Crippen LogP contribution in [0.15, 0.2) is 35.7 Å². The summed E-state index contributed by atoms with van der Waals surface area (Å²) in [6, 6.07) is 8.72. The number of hydrogen-bond acceptors (Lipinski definition) is 4. The highest BCUT2D eigenvalue weighted by molar-refractivity contribution is 7.10. The maximum absolute atomic E-state index is 13.7. The third-order valence-electron chi connectivity index (χ3n) is 3.64. The number of benzene rings is 1. The van der Waals surface area contributed by atoms with Gasteiger partial charge in [0.25, 0.3) is 0 Å². The van der Waals surface area contributed by atoms with Gasteiger partial charge in [-0.15, -0.1) is 36.2 Å². The van der Waals surface area contributed by atoms with Gasteiger partial charge in [0.05, 0.1) is 6.04 Å². The summed E-state index contributed by atoms with van der Waals surface area (Å²) >= 11 is 1.64. The molecule has 2 heterocycles. The lowest BCUT2D eigenvalue weighted by atomic mass is 10.0. The van der Waals surface area contributed by atoms with Crippen LogP contribution in [0.2, 0.25) is 0 Å². The first-order valence-electron chi connectivity index (χ1n) is 6.73. The van der Waals surface area contributed by atoms with Gasteiger partial charge in [-0.05, 0) is 17.5 Å². The molecule has 2 aromatic rings. The van der Waals surface area contributed by atoms with Gasteiger partial charge in [0.1, 0.15) is 0 Å². The molecule has 122 valence electrons. The molecule has 3 nitrogen and oxygen atoms in total. The molecule has 1 aromatic heterocycles. The number of aromatic hydroxyl groups is 1. The van der Waals surface area contributed by atoms with Crippen LogP contribution in [0.4, 0.5) is 4.39 Å². The molecule has 0 aliphatic carbocycles. The molecule has 0 spiro atoms.